The van der Waals surface area contributed by atoms with Gasteiger partial charge in [0.05, 0.1) is 6.04 Å². The van der Waals surface area contributed by atoms with Crippen LogP contribution in [-0.4, -0.2) is 25.2 Å². The zero-order chi connectivity index (χ0) is 15.7. The van der Waals surface area contributed by atoms with Crippen LogP contribution >= 0.6 is 15.9 Å². The predicted molar refractivity (Wildman–Crippen MR) is 87.0 cm³/mol. The third kappa shape index (κ3) is 3.22. The molecule has 0 spiro atoms. The minimum atomic E-state index is -0.102. The molecule has 0 radical (unpaired) electrons. The molecule has 1 aromatic carbocycles. The van der Waals surface area contributed by atoms with Crippen LogP contribution < -0.4 is 20.5 Å². The SMILES string of the molecule is C[C@H](NC(=O)[C@H]1CC[C@H](N)C1)c1cc2c(cc1Br)OCCO2. The summed E-state index contributed by atoms with van der Waals surface area (Å²) in [6, 6.07) is 3.89. The van der Waals surface area contributed by atoms with Gasteiger partial charge in [0.1, 0.15) is 13.2 Å². The molecule has 1 heterocycles. The van der Waals surface area contributed by atoms with E-state index in [9.17, 15) is 4.79 Å². The molecular weight excluding hydrogens is 348 g/mol. The summed E-state index contributed by atoms with van der Waals surface area (Å²) in [4.78, 5) is 12.3. The van der Waals surface area contributed by atoms with Crippen molar-refractivity contribution in [1.82, 2.24) is 5.32 Å². The third-order valence-corrected chi connectivity index (χ3v) is 5.02. The number of rotatable bonds is 3. The lowest BCUT2D eigenvalue weighted by molar-refractivity contribution is -0.125. The summed E-state index contributed by atoms with van der Waals surface area (Å²) in [5.74, 6) is 1.59. The van der Waals surface area contributed by atoms with Gasteiger partial charge in [0.25, 0.3) is 0 Å². The van der Waals surface area contributed by atoms with Crippen LogP contribution in [0, 0.1) is 5.92 Å². The Morgan fingerprint density at radius 3 is 2.64 bits per heavy atom. The van der Waals surface area contributed by atoms with Gasteiger partial charge in [-0.1, -0.05) is 15.9 Å². The van der Waals surface area contributed by atoms with Gasteiger partial charge in [0, 0.05) is 16.4 Å². The highest BCUT2D eigenvalue weighted by atomic mass is 79.9. The Balaban J connectivity index is 1.71. The number of halogens is 1. The molecular formula is C16H21BrN2O3. The van der Waals surface area contributed by atoms with Crippen molar-refractivity contribution in [2.75, 3.05) is 13.2 Å². The molecule has 1 aromatic rings. The van der Waals surface area contributed by atoms with Crippen LogP contribution in [-0.2, 0) is 4.79 Å². The molecule has 1 aliphatic heterocycles. The first-order valence-corrected chi connectivity index (χ1v) is 8.49. The van der Waals surface area contributed by atoms with Gasteiger partial charge in [-0.15, -0.1) is 0 Å². The fraction of sp³-hybridized carbons (Fsp3) is 0.562. The van der Waals surface area contributed by atoms with E-state index in [0.29, 0.717) is 13.2 Å². The Morgan fingerprint density at radius 2 is 2.00 bits per heavy atom. The molecule has 1 saturated carbocycles. The van der Waals surface area contributed by atoms with E-state index in [1.165, 1.54) is 0 Å². The van der Waals surface area contributed by atoms with Gasteiger partial charge in [-0.2, -0.15) is 0 Å². The van der Waals surface area contributed by atoms with Crippen LogP contribution in [0.4, 0.5) is 0 Å². The topological polar surface area (TPSA) is 73.6 Å². The van der Waals surface area contributed by atoms with Crippen molar-refractivity contribution in [2.45, 2.75) is 38.3 Å². The van der Waals surface area contributed by atoms with Gasteiger partial charge in [-0.25, -0.2) is 0 Å². The Hall–Kier alpha value is -1.27. The van der Waals surface area contributed by atoms with Gasteiger partial charge in [-0.05, 0) is 43.9 Å². The van der Waals surface area contributed by atoms with E-state index >= 15 is 0 Å². The average molecular weight is 369 g/mol. The third-order valence-electron chi connectivity index (χ3n) is 4.33. The molecule has 120 valence electrons. The second-order valence-electron chi connectivity index (χ2n) is 6.02. The second-order valence-corrected chi connectivity index (χ2v) is 6.87. The van der Waals surface area contributed by atoms with Crippen molar-refractivity contribution in [1.29, 1.82) is 0 Å². The fourth-order valence-corrected chi connectivity index (χ4v) is 3.74. The maximum atomic E-state index is 12.3. The number of fused-ring (bicyclic) bond motifs is 1. The molecule has 3 rings (SSSR count). The minimum Gasteiger partial charge on any atom is -0.486 e. The van der Waals surface area contributed by atoms with Crippen LogP contribution in [0.1, 0.15) is 37.8 Å². The van der Waals surface area contributed by atoms with E-state index in [4.69, 9.17) is 15.2 Å². The summed E-state index contributed by atoms with van der Waals surface area (Å²) >= 11 is 3.55. The molecule has 1 fully saturated rings. The number of nitrogens with one attached hydrogen (secondary N) is 1. The highest BCUT2D eigenvalue weighted by Crippen LogP contribution is 2.38. The predicted octanol–water partition coefficient (Wildman–Crippen LogP) is 2.52. The van der Waals surface area contributed by atoms with Crippen molar-refractivity contribution < 1.29 is 14.3 Å². The molecule has 3 atom stereocenters. The Kier molecular flexibility index (Phi) is 4.59. The first kappa shape index (κ1) is 15.6. The van der Waals surface area contributed by atoms with E-state index in [0.717, 1.165) is 40.8 Å². The van der Waals surface area contributed by atoms with E-state index in [-0.39, 0.29) is 23.9 Å². The van der Waals surface area contributed by atoms with Crippen molar-refractivity contribution in [3.63, 3.8) is 0 Å². The normalized spacial score (nSPS) is 24.9. The van der Waals surface area contributed by atoms with Crippen molar-refractivity contribution in [3.8, 4) is 11.5 Å². The molecule has 0 bridgehead atoms. The van der Waals surface area contributed by atoms with Crippen molar-refractivity contribution in [2.24, 2.45) is 11.7 Å². The molecule has 6 heteroatoms. The maximum absolute atomic E-state index is 12.3. The number of amides is 1. The lowest BCUT2D eigenvalue weighted by atomic mass is 10.0. The number of ether oxygens (including phenoxy) is 2. The molecule has 2 aliphatic rings. The van der Waals surface area contributed by atoms with Crippen molar-refractivity contribution >= 4 is 21.8 Å². The number of carbonyl (C=O) groups excluding carboxylic acids is 1. The zero-order valence-electron chi connectivity index (χ0n) is 12.6. The van der Waals surface area contributed by atoms with Crippen LogP contribution in [0.2, 0.25) is 0 Å². The molecule has 3 N–H and O–H groups in total. The van der Waals surface area contributed by atoms with E-state index in [1.54, 1.807) is 0 Å². The molecule has 5 nitrogen and oxygen atoms in total. The molecule has 1 amide bonds. The second kappa shape index (κ2) is 6.46. The maximum Gasteiger partial charge on any atom is 0.223 e. The highest BCUT2D eigenvalue weighted by molar-refractivity contribution is 9.10. The zero-order valence-corrected chi connectivity index (χ0v) is 14.2. The Bertz CT molecular complexity index is 579. The summed E-state index contributed by atoms with van der Waals surface area (Å²) < 4.78 is 12.1. The summed E-state index contributed by atoms with van der Waals surface area (Å²) in [6.45, 7) is 3.09. The molecule has 22 heavy (non-hydrogen) atoms. The average Bonchev–Trinajstić information content (AvgIpc) is 2.93. The smallest absolute Gasteiger partial charge is 0.223 e. The van der Waals surface area contributed by atoms with Gasteiger partial charge in [0.15, 0.2) is 11.5 Å². The number of benzene rings is 1. The first-order chi connectivity index (χ1) is 10.5. The molecule has 0 saturated heterocycles. The number of hydrogen-bond donors (Lipinski definition) is 2. The lowest BCUT2D eigenvalue weighted by Crippen LogP contribution is -2.32. The Morgan fingerprint density at radius 1 is 1.32 bits per heavy atom. The largest absolute Gasteiger partial charge is 0.486 e. The van der Waals surface area contributed by atoms with Crippen LogP contribution in [0.3, 0.4) is 0 Å². The van der Waals surface area contributed by atoms with E-state index < -0.39 is 0 Å². The van der Waals surface area contributed by atoms with Crippen LogP contribution in [0.25, 0.3) is 0 Å². The summed E-state index contributed by atoms with van der Waals surface area (Å²) in [5, 5.41) is 3.09. The minimum absolute atomic E-state index is 0.0356. The highest BCUT2D eigenvalue weighted by Gasteiger charge is 2.29. The monoisotopic (exact) mass is 368 g/mol. The summed E-state index contributed by atoms with van der Waals surface area (Å²) in [7, 11) is 0. The summed E-state index contributed by atoms with van der Waals surface area (Å²) in [6.07, 6.45) is 2.59. The number of nitrogens with two attached hydrogens (primary N) is 1. The number of carbonyl (C=O) groups is 1. The van der Waals surface area contributed by atoms with Gasteiger partial charge >= 0.3 is 0 Å². The summed E-state index contributed by atoms with van der Waals surface area (Å²) in [5.41, 5.74) is 6.87. The van der Waals surface area contributed by atoms with E-state index in [2.05, 4.69) is 21.2 Å². The van der Waals surface area contributed by atoms with E-state index in [1.807, 2.05) is 19.1 Å². The quantitative estimate of drug-likeness (QED) is 0.859. The fourth-order valence-electron chi connectivity index (χ4n) is 3.08. The van der Waals surface area contributed by atoms with Crippen LogP contribution in [0.5, 0.6) is 11.5 Å². The van der Waals surface area contributed by atoms with Gasteiger partial charge < -0.3 is 20.5 Å². The Labute approximate surface area is 138 Å². The van der Waals surface area contributed by atoms with Crippen molar-refractivity contribution in [3.05, 3.63) is 22.2 Å². The lowest BCUT2D eigenvalue weighted by Gasteiger charge is -2.23. The van der Waals surface area contributed by atoms with Gasteiger partial charge in [0.2, 0.25) is 5.91 Å². The molecule has 0 aromatic heterocycles. The standard InChI is InChI=1S/C16H21BrN2O3/c1-9(19-16(20)10-2-3-11(18)6-10)12-7-14-15(8-13(12)17)22-5-4-21-14/h7-11H,2-6,18H2,1H3,(H,19,20)/t9-,10-,11-/m0/s1. The van der Waals surface area contributed by atoms with Gasteiger partial charge in [-0.3, -0.25) is 4.79 Å². The first-order valence-electron chi connectivity index (χ1n) is 7.69. The molecule has 0 unspecified atom stereocenters. The number of hydrogen-bond acceptors (Lipinski definition) is 4. The molecule has 1 aliphatic carbocycles. The van der Waals surface area contributed by atoms with Crippen LogP contribution in [0.15, 0.2) is 16.6 Å².